The lowest BCUT2D eigenvalue weighted by atomic mass is 10.1. The van der Waals surface area contributed by atoms with Crippen LogP contribution in [-0.4, -0.2) is 66.3 Å². The van der Waals surface area contributed by atoms with E-state index in [4.69, 9.17) is 14.0 Å². The lowest BCUT2D eigenvalue weighted by molar-refractivity contribution is 0.0739. The summed E-state index contributed by atoms with van der Waals surface area (Å²) in [5.41, 5.74) is 1.25. The highest BCUT2D eigenvalue weighted by atomic mass is 16.5. The van der Waals surface area contributed by atoms with E-state index in [9.17, 15) is 4.79 Å². The average molecular weight is 409 g/mol. The van der Waals surface area contributed by atoms with E-state index in [1.807, 2.05) is 17.0 Å². The predicted molar refractivity (Wildman–Crippen MR) is 110 cm³/mol. The van der Waals surface area contributed by atoms with Crippen molar-refractivity contribution in [1.29, 1.82) is 0 Å². The van der Waals surface area contributed by atoms with Crippen LogP contribution in [0.2, 0.25) is 0 Å². The predicted octanol–water partition coefficient (Wildman–Crippen LogP) is 2.42. The minimum Gasteiger partial charge on any atom is -0.496 e. The zero-order chi connectivity index (χ0) is 21.1. The number of piperazine rings is 1. The molecule has 2 aromatic heterocycles. The summed E-state index contributed by atoms with van der Waals surface area (Å²) in [6, 6.07) is 9.19. The number of anilines is 1. The highest BCUT2D eigenvalue weighted by Gasteiger charge is 2.27. The summed E-state index contributed by atoms with van der Waals surface area (Å²) >= 11 is 0. The van der Waals surface area contributed by atoms with Crippen molar-refractivity contribution in [3.05, 3.63) is 48.0 Å². The maximum absolute atomic E-state index is 13.1. The number of carbonyl (C=O) groups excluding carboxylic acids is 1. The molecule has 0 spiro atoms. The highest BCUT2D eigenvalue weighted by Crippen LogP contribution is 2.30. The molecule has 1 aromatic carbocycles. The van der Waals surface area contributed by atoms with Crippen molar-refractivity contribution < 1.29 is 18.8 Å². The third-order valence-electron chi connectivity index (χ3n) is 5.07. The van der Waals surface area contributed by atoms with Gasteiger partial charge in [-0.2, -0.15) is 4.98 Å². The first-order chi connectivity index (χ1) is 14.6. The molecule has 0 N–H and O–H groups in total. The molecular formula is C21H23N5O4. The number of amides is 1. The van der Waals surface area contributed by atoms with E-state index in [1.165, 1.54) is 0 Å². The van der Waals surface area contributed by atoms with E-state index in [-0.39, 0.29) is 5.91 Å². The van der Waals surface area contributed by atoms with Gasteiger partial charge in [-0.15, -0.1) is 0 Å². The molecule has 1 aliphatic rings. The minimum atomic E-state index is -0.0975. The molecule has 30 heavy (non-hydrogen) atoms. The Kier molecular flexibility index (Phi) is 5.51. The van der Waals surface area contributed by atoms with Crippen molar-refractivity contribution in [2.45, 2.75) is 6.92 Å². The van der Waals surface area contributed by atoms with Gasteiger partial charge in [-0.05, 0) is 24.3 Å². The Hall–Kier alpha value is -3.62. The van der Waals surface area contributed by atoms with Crippen LogP contribution in [-0.2, 0) is 0 Å². The fraction of sp³-hybridized carbons (Fsp3) is 0.333. The summed E-state index contributed by atoms with van der Waals surface area (Å²) < 4.78 is 15.8. The zero-order valence-corrected chi connectivity index (χ0v) is 17.2. The molecule has 0 bridgehead atoms. The van der Waals surface area contributed by atoms with Crippen LogP contribution in [0.4, 0.5) is 5.82 Å². The molecule has 1 fully saturated rings. The lowest BCUT2D eigenvalue weighted by Gasteiger charge is -2.35. The number of nitrogens with zero attached hydrogens (tertiary/aromatic N) is 5. The lowest BCUT2D eigenvalue weighted by Crippen LogP contribution is -2.49. The normalized spacial score (nSPS) is 14.0. The summed E-state index contributed by atoms with van der Waals surface area (Å²) in [6.07, 6.45) is 1.73. The van der Waals surface area contributed by atoms with E-state index in [0.29, 0.717) is 55.0 Å². The summed E-state index contributed by atoms with van der Waals surface area (Å²) in [6.45, 7) is 4.26. The molecule has 0 saturated carbocycles. The second-order valence-electron chi connectivity index (χ2n) is 6.86. The molecule has 1 saturated heterocycles. The molecule has 9 nitrogen and oxygen atoms in total. The number of aryl methyl sites for hydroxylation is 1. The molecule has 0 radical (unpaired) electrons. The van der Waals surface area contributed by atoms with Crippen molar-refractivity contribution in [3.8, 4) is 22.9 Å². The Labute approximate surface area is 174 Å². The topological polar surface area (TPSA) is 93.8 Å². The molecule has 3 aromatic rings. The number of ether oxygens (including phenoxy) is 2. The maximum Gasteiger partial charge on any atom is 0.261 e. The molecule has 1 aliphatic heterocycles. The van der Waals surface area contributed by atoms with Crippen LogP contribution in [0.15, 0.2) is 41.1 Å². The molecule has 0 aliphatic carbocycles. The van der Waals surface area contributed by atoms with Crippen molar-refractivity contribution in [2.75, 3.05) is 45.3 Å². The van der Waals surface area contributed by atoms with Gasteiger partial charge in [-0.3, -0.25) is 4.79 Å². The van der Waals surface area contributed by atoms with Gasteiger partial charge in [0.05, 0.1) is 14.2 Å². The Balaban J connectivity index is 1.43. The van der Waals surface area contributed by atoms with E-state index < -0.39 is 0 Å². The number of benzene rings is 1. The highest BCUT2D eigenvalue weighted by molar-refractivity contribution is 5.99. The molecule has 9 heteroatoms. The Bertz CT molecular complexity index is 1000. The van der Waals surface area contributed by atoms with E-state index in [2.05, 4.69) is 20.0 Å². The maximum atomic E-state index is 13.1. The molecule has 4 rings (SSSR count). The SMILES string of the molecule is COc1cccc(OC)c1C(=O)N1CCN(c2ccc(-c3noc(C)n3)cn2)CC1. The van der Waals surface area contributed by atoms with E-state index in [0.717, 1.165) is 11.4 Å². The first-order valence-electron chi connectivity index (χ1n) is 9.62. The molecule has 0 unspecified atom stereocenters. The van der Waals surface area contributed by atoms with Crippen molar-refractivity contribution in [1.82, 2.24) is 20.0 Å². The van der Waals surface area contributed by atoms with Gasteiger partial charge in [0, 0.05) is 44.9 Å². The molecule has 1 amide bonds. The van der Waals surface area contributed by atoms with E-state index in [1.54, 1.807) is 45.5 Å². The van der Waals surface area contributed by atoms with Gasteiger partial charge in [-0.25, -0.2) is 4.98 Å². The van der Waals surface area contributed by atoms with Crippen LogP contribution in [0, 0.1) is 6.92 Å². The summed E-state index contributed by atoms with van der Waals surface area (Å²) in [5.74, 6) is 2.81. The molecule has 156 valence electrons. The number of hydrogen-bond donors (Lipinski definition) is 0. The van der Waals surface area contributed by atoms with Gasteiger partial charge >= 0.3 is 0 Å². The smallest absolute Gasteiger partial charge is 0.261 e. The zero-order valence-electron chi connectivity index (χ0n) is 17.2. The average Bonchev–Trinajstić information content (AvgIpc) is 3.24. The Morgan fingerprint density at radius 2 is 1.73 bits per heavy atom. The Morgan fingerprint density at radius 3 is 2.27 bits per heavy atom. The second-order valence-corrected chi connectivity index (χ2v) is 6.86. The summed E-state index contributed by atoms with van der Waals surface area (Å²) in [7, 11) is 3.10. The van der Waals surface area contributed by atoms with Crippen LogP contribution in [0.3, 0.4) is 0 Å². The van der Waals surface area contributed by atoms with Crippen molar-refractivity contribution in [3.63, 3.8) is 0 Å². The van der Waals surface area contributed by atoms with Crippen LogP contribution in [0.1, 0.15) is 16.2 Å². The number of carbonyl (C=O) groups is 1. The van der Waals surface area contributed by atoms with Crippen molar-refractivity contribution in [2.24, 2.45) is 0 Å². The third kappa shape index (κ3) is 3.78. The molecule has 0 atom stereocenters. The first-order valence-corrected chi connectivity index (χ1v) is 9.62. The van der Waals surface area contributed by atoms with Gasteiger partial charge < -0.3 is 23.8 Å². The van der Waals surface area contributed by atoms with Gasteiger partial charge in [0.1, 0.15) is 22.9 Å². The van der Waals surface area contributed by atoms with Gasteiger partial charge in [0.15, 0.2) is 0 Å². The first kappa shape index (κ1) is 19.7. The fourth-order valence-corrected chi connectivity index (χ4v) is 3.48. The summed E-state index contributed by atoms with van der Waals surface area (Å²) in [4.78, 5) is 25.8. The number of hydrogen-bond acceptors (Lipinski definition) is 8. The van der Waals surface area contributed by atoms with Crippen LogP contribution in [0.25, 0.3) is 11.4 Å². The number of pyridine rings is 1. The van der Waals surface area contributed by atoms with E-state index >= 15 is 0 Å². The van der Waals surface area contributed by atoms with Gasteiger partial charge in [0.25, 0.3) is 5.91 Å². The summed E-state index contributed by atoms with van der Waals surface area (Å²) in [5, 5.41) is 3.91. The van der Waals surface area contributed by atoms with Crippen LogP contribution in [0.5, 0.6) is 11.5 Å². The quantitative estimate of drug-likeness (QED) is 0.634. The monoisotopic (exact) mass is 409 g/mol. The van der Waals surface area contributed by atoms with Crippen molar-refractivity contribution >= 4 is 11.7 Å². The third-order valence-corrected chi connectivity index (χ3v) is 5.07. The fourth-order valence-electron chi connectivity index (χ4n) is 3.48. The van der Waals surface area contributed by atoms with Gasteiger partial charge in [0.2, 0.25) is 11.7 Å². The Morgan fingerprint density at radius 1 is 1.03 bits per heavy atom. The van der Waals surface area contributed by atoms with Crippen LogP contribution >= 0.6 is 0 Å². The number of aromatic nitrogens is 3. The van der Waals surface area contributed by atoms with Gasteiger partial charge in [-0.1, -0.05) is 11.2 Å². The number of methoxy groups -OCH3 is 2. The second kappa shape index (κ2) is 8.40. The standard InChI is InChI=1S/C21H23N5O4/c1-14-23-20(24-30-14)15-7-8-18(22-13-15)25-9-11-26(12-10-25)21(27)19-16(28-2)5-4-6-17(19)29-3/h4-8,13H,9-12H2,1-3H3. The van der Waals surface area contributed by atoms with Crippen LogP contribution < -0.4 is 14.4 Å². The molecular weight excluding hydrogens is 386 g/mol. The molecule has 3 heterocycles. The largest absolute Gasteiger partial charge is 0.496 e. The number of rotatable bonds is 5. The minimum absolute atomic E-state index is 0.0975.